The Kier molecular flexibility index (Phi) is 9.29. The van der Waals surface area contributed by atoms with Crippen LogP contribution in [0.3, 0.4) is 0 Å². The van der Waals surface area contributed by atoms with Crippen molar-refractivity contribution in [3.8, 4) is 0 Å². The predicted octanol–water partition coefficient (Wildman–Crippen LogP) is 0.792. The molecule has 0 aliphatic rings. The van der Waals surface area contributed by atoms with E-state index in [0.717, 1.165) is 19.6 Å². The minimum Gasteiger partial charge on any atom is -0.385 e. The average molecular weight is 205 g/mol. The van der Waals surface area contributed by atoms with Gasteiger partial charge in [0.15, 0.2) is 0 Å². The van der Waals surface area contributed by atoms with Gasteiger partial charge in [-0.2, -0.15) is 0 Å². The second-order valence-corrected chi connectivity index (χ2v) is 3.39. The number of rotatable bonds is 9. The molecule has 0 saturated heterocycles. The molecule has 0 spiro atoms. The third kappa shape index (κ3) is 8.44. The maximum atomic E-state index is 5.63. The number of methoxy groups -OCH3 is 1. The van der Waals surface area contributed by atoms with Crippen molar-refractivity contribution in [2.24, 2.45) is 5.73 Å². The Balaban J connectivity index is 3.06. The molecule has 2 atom stereocenters. The Morgan fingerprint density at radius 2 is 1.79 bits per heavy atom. The lowest BCUT2D eigenvalue weighted by atomic mass is 10.2. The van der Waals surface area contributed by atoms with Gasteiger partial charge in [0.2, 0.25) is 0 Å². The molecule has 0 aliphatic heterocycles. The van der Waals surface area contributed by atoms with Gasteiger partial charge in [-0.25, -0.2) is 0 Å². The van der Waals surface area contributed by atoms with Crippen molar-refractivity contribution < 1.29 is 14.2 Å². The van der Waals surface area contributed by atoms with Gasteiger partial charge in [-0.1, -0.05) is 0 Å². The van der Waals surface area contributed by atoms with Crippen LogP contribution in [0.1, 0.15) is 20.3 Å². The summed E-state index contributed by atoms with van der Waals surface area (Å²) < 4.78 is 15.6. The van der Waals surface area contributed by atoms with Crippen molar-refractivity contribution in [1.29, 1.82) is 0 Å². The molecule has 0 fully saturated rings. The van der Waals surface area contributed by atoms with Crippen LogP contribution in [0.25, 0.3) is 0 Å². The molecule has 4 heteroatoms. The molecule has 0 aliphatic carbocycles. The van der Waals surface area contributed by atoms with E-state index in [-0.39, 0.29) is 12.1 Å². The Morgan fingerprint density at radius 1 is 1.07 bits per heavy atom. The summed E-state index contributed by atoms with van der Waals surface area (Å²) in [5.41, 5.74) is 5.63. The van der Waals surface area contributed by atoms with E-state index < -0.39 is 0 Å². The summed E-state index contributed by atoms with van der Waals surface area (Å²) in [5, 5.41) is 0. The Hall–Kier alpha value is -0.160. The Labute approximate surface area is 86.7 Å². The summed E-state index contributed by atoms with van der Waals surface area (Å²) in [4.78, 5) is 0. The molecule has 14 heavy (non-hydrogen) atoms. The summed E-state index contributed by atoms with van der Waals surface area (Å²) in [5.74, 6) is 0. The molecule has 2 unspecified atom stereocenters. The lowest BCUT2D eigenvalue weighted by molar-refractivity contribution is 0.00131. The minimum atomic E-state index is 0.0727. The molecule has 0 bridgehead atoms. The zero-order chi connectivity index (χ0) is 10.8. The quantitative estimate of drug-likeness (QED) is 0.565. The van der Waals surface area contributed by atoms with E-state index in [9.17, 15) is 0 Å². The van der Waals surface area contributed by atoms with Gasteiger partial charge in [0.1, 0.15) is 0 Å². The fourth-order valence-corrected chi connectivity index (χ4v) is 0.852. The van der Waals surface area contributed by atoms with Crippen molar-refractivity contribution in [3.05, 3.63) is 0 Å². The van der Waals surface area contributed by atoms with Gasteiger partial charge in [-0.15, -0.1) is 0 Å². The normalized spacial score (nSPS) is 15.4. The predicted molar refractivity (Wildman–Crippen MR) is 56.4 cm³/mol. The Bertz CT molecular complexity index is 120. The third-order valence-corrected chi connectivity index (χ3v) is 1.99. The fraction of sp³-hybridized carbons (Fsp3) is 1.00. The number of ether oxygens (including phenoxy) is 3. The Morgan fingerprint density at radius 3 is 2.36 bits per heavy atom. The van der Waals surface area contributed by atoms with Gasteiger partial charge >= 0.3 is 0 Å². The lowest BCUT2D eigenvalue weighted by Crippen LogP contribution is -2.32. The number of hydrogen-bond donors (Lipinski definition) is 1. The molecule has 0 aromatic carbocycles. The summed E-state index contributed by atoms with van der Waals surface area (Å²) in [6.07, 6.45) is 1.02. The van der Waals surface area contributed by atoms with Crippen LogP contribution < -0.4 is 5.73 Å². The molecule has 0 aromatic heterocycles. The molecular weight excluding hydrogens is 182 g/mol. The summed E-state index contributed by atoms with van der Waals surface area (Å²) >= 11 is 0. The second-order valence-electron chi connectivity index (χ2n) is 3.39. The van der Waals surface area contributed by atoms with E-state index >= 15 is 0 Å². The molecular formula is C10H23NO3. The van der Waals surface area contributed by atoms with Crippen LogP contribution in [0.2, 0.25) is 0 Å². The monoisotopic (exact) mass is 205 g/mol. The first-order valence-electron chi connectivity index (χ1n) is 5.12. The minimum absolute atomic E-state index is 0.0727. The average Bonchev–Trinajstić information content (AvgIpc) is 2.16. The summed E-state index contributed by atoms with van der Waals surface area (Å²) in [6.45, 7) is 6.61. The van der Waals surface area contributed by atoms with Crippen molar-refractivity contribution in [1.82, 2.24) is 0 Å². The lowest BCUT2D eigenvalue weighted by Gasteiger charge is -2.16. The zero-order valence-corrected chi connectivity index (χ0v) is 9.49. The molecule has 0 saturated carbocycles. The molecule has 86 valence electrons. The smallest absolute Gasteiger partial charge is 0.0704 e. The first-order valence-corrected chi connectivity index (χ1v) is 5.12. The topological polar surface area (TPSA) is 53.7 Å². The van der Waals surface area contributed by atoms with Gasteiger partial charge in [-0.3, -0.25) is 0 Å². The van der Waals surface area contributed by atoms with E-state index in [0.29, 0.717) is 13.2 Å². The second kappa shape index (κ2) is 9.40. The number of hydrogen-bond acceptors (Lipinski definition) is 4. The van der Waals surface area contributed by atoms with Gasteiger partial charge in [-0.05, 0) is 20.3 Å². The van der Waals surface area contributed by atoms with Gasteiger partial charge in [0, 0.05) is 26.4 Å². The van der Waals surface area contributed by atoms with Crippen LogP contribution in [-0.2, 0) is 14.2 Å². The highest BCUT2D eigenvalue weighted by Gasteiger charge is 2.06. The molecule has 0 heterocycles. The molecule has 0 radical (unpaired) electrons. The highest BCUT2D eigenvalue weighted by atomic mass is 16.5. The molecule has 0 rings (SSSR count). The van der Waals surface area contributed by atoms with Crippen LogP contribution in [0, 0.1) is 0 Å². The molecule has 4 nitrogen and oxygen atoms in total. The maximum absolute atomic E-state index is 5.63. The zero-order valence-electron chi connectivity index (χ0n) is 9.49. The van der Waals surface area contributed by atoms with Crippen LogP contribution in [0.5, 0.6) is 0 Å². The first kappa shape index (κ1) is 13.8. The van der Waals surface area contributed by atoms with Crippen molar-refractivity contribution in [2.45, 2.75) is 32.4 Å². The van der Waals surface area contributed by atoms with Gasteiger partial charge in [0.25, 0.3) is 0 Å². The van der Waals surface area contributed by atoms with Crippen LogP contribution in [0.15, 0.2) is 0 Å². The van der Waals surface area contributed by atoms with Crippen molar-refractivity contribution >= 4 is 0 Å². The van der Waals surface area contributed by atoms with E-state index in [1.807, 2.05) is 13.8 Å². The SMILES string of the molecule is COCCCOCCOC(C)C(C)N. The van der Waals surface area contributed by atoms with Crippen LogP contribution in [-0.4, -0.2) is 45.7 Å². The van der Waals surface area contributed by atoms with Gasteiger partial charge < -0.3 is 19.9 Å². The molecule has 0 aromatic rings. The number of nitrogens with two attached hydrogens (primary N) is 1. The first-order chi connectivity index (χ1) is 6.68. The van der Waals surface area contributed by atoms with E-state index in [1.165, 1.54) is 0 Å². The largest absolute Gasteiger partial charge is 0.385 e. The summed E-state index contributed by atoms with van der Waals surface area (Å²) in [6, 6.07) is 0.0727. The highest BCUT2D eigenvalue weighted by molar-refractivity contribution is 4.61. The van der Waals surface area contributed by atoms with Crippen LogP contribution in [0.4, 0.5) is 0 Å². The van der Waals surface area contributed by atoms with E-state index in [2.05, 4.69) is 0 Å². The highest BCUT2D eigenvalue weighted by Crippen LogP contribution is 1.94. The summed E-state index contributed by atoms with van der Waals surface area (Å²) in [7, 11) is 1.69. The third-order valence-electron chi connectivity index (χ3n) is 1.99. The maximum Gasteiger partial charge on any atom is 0.0704 e. The van der Waals surface area contributed by atoms with E-state index in [4.69, 9.17) is 19.9 Å². The standard InChI is InChI=1S/C10H23NO3/c1-9(11)10(2)14-8-7-13-6-4-5-12-3/h9-10H,4-8,11H2,1-3H3. The molecule has 0 amide bonds. The fourth-order valence-electron chi connectivity index (χ4n) is 0.852. The van der Waals surface area contributed by atoms with Crippen LogP contribution >= 0.6 is 0 Å². The molecule has 2 N–H and O–H groups in total. The van der Waals surface area contributed by atoms with E-state index in [1.54, 1.807) is 7.11 Å². The van der Waals surface area contributed by atoms with Crippen molar-refractivity contribution in [3.63, 3.8) is 0 Å². The van der Waals surface area contributed by atoms with Crippen molar-refractivity contribution in [2.75, 3.05) is 33.5 Å². The van der Waals surface area contributed by atoms with Gasteiger partial charge in [0.05, 0.1) is 19.3 Å².